The van der Waals surface area contributed by atoms with Crippen LogP contribution in [0.4, 0.5) is 20.3 Å². The third kappa shape index (κ3) is 4.02. The van der Waals surface area contributed by atoms with Crippen LogP contribution in [0.15, 0.2) is 30.2 Å². The number of aromatic nitrogens is 1. The molecule has 2 aromatic rings. The van der Waals surface area contributed by atoms with Gasteiger partial charge in [-0.1, -0.05) is 11.6 Å². The molecule has 0 bridgehead atoms. The lowest BCUT2D eigenvalue weighted by Gasteiger charge is -2.18. The molecule has 0 atom stereocenters. The summed E-state index contributed by atoms with van der Waals surface area (Å²) in [6.07, 6.45) is 1.37. The number of nitrogens with one attached hydrogen (secondary N) is 3. The molecule has 1 aromatic carbocycles. The molecule has 0 aliphatic rings. The Morgan fingerprint density at radius 3 is 2.35 bits per heavy atom. The molecule has 26 heavy (non-hydrogen) atoms. The Balaban J connectivity index is 2.63. The third-order valence-electron chi connectivity index (χ3n) is 3.50. The smallest absolute Gasteiger partial charge is 0.154 e. The van der Waals surface area contributed by atoms with Gasteiger partial charge in [0.1, 0.15) is 23.2 Å². The van der Waals surface area contributed by atoms with Gasteiger partial charge in [-0.25, -0.2) is 13.8 Å². The number of ether oxygens (including phenoxy) is 1. The SMILES string of the molecule is CN/C(Nc1ncc(Cl)cc1N)=C(\C(C)=N)c1c(F)cc(OC)cc1F. The Morgan fingerprint density at radius 2 is 1.88 bits per heavy atom. The first-order valence-corrected chi connectivity index (χ1v) is 7.85. The van der Waals surface area contributed by atoms with Crippen molar-refractivity contribution in [1.82, 2.24) is 10.3 Å². The van der Waals surface area contributed by atoms with E-state index < -0.39 is 11.6 Å². The number of nitrogens with two attached hydrogens (primary N) is 1. The number of rotatable bonds is 6. The molecule has 0 radical (unpaired) electrons. The van der Waals surface area contributed by atoms with Gasteiger partial charge >= 0.3 is 0 Å². The summed E-state index contributed by atoms with van der Waals surface area (Å²) >= 11 is 5.82. The van der Waals surface area contributed by atoms with Gasteiger partial charge in [0, 0.05) is 36.7 Å². The fourth-order valence-electron chi connectivity index (χ4n) is 2.33. The van der Waals surface area contributed by atoms with Gasteiger partial charge < -0.3 is 26.5 Å². The van der Waals surface area contributed by atoms with Crippen LogP contribution in [0.5, 0.6) is 5.75 Å². The zero-order chi connectivity index (χ0) is 19.4. The molecule has 0 fully saturated rings. The van der Waals surface area contributed by atoms with Crippen molar-refractivity contribution in [3.05, 3.63) is 52.4 Å². The zero-order valence-corrected chi connectivity index (χ0v) is 15.1. The standard InChI is InChI=1S/C17H18ClF2N5O/c1-8(21)14(15-11(19)5-10(26-3)6-12(15)20)17(23-2)25-16-13(22)4-9(18)7-24-16/h4-7,21,23H,22H2,1-3H3,(H,24,25)/b17-14-,21-8?. The van der Waals surface area contributed by atoms with Crippen molar-refractivity contribution in [2.75, 3.05) is 25.2 Å². The van der Waals surface area contributed by atoms with Crippen molar-refractivity contribution in [3.63, 3.8) is 0 Å². The average molecular weight is 382 g/mol. The number of hydrogen-bond acceptors (Lipinski definition) is 6. The maximum absolute atomic E-state index is 14.5. The Hall–Kier alpha value is -2.87. The molecule has 1 aromatic heterocycles. The number of methoxy groups -OCH3 is 1. The first-order chi connectivity index (χ1) is 12.3. The summed E-state index contributed by atoms with van der Waals surface area (Å²) in [5, 5.41) is 14.0. The van der Waals surface area contributed by atoms with Crippen LogP contribution in [-0.2, 0) is 0 Å². The van der Waals surface area contributed by atoms with Crippen molar-refractivity contribution in [2.45, 2.75) is 6.92 Å². The minimum Gasteiger partial charge on any atom is -0.497 e. The summed E-state index contributed by atoms with van der Waals surface area (Å²) < 4.78 is 33.9. The average Bonchev–Trinajstić information content (AvgIpc) is 2.57. The summed E-state index contributed by atoms with van der Waals surface area (Å²) in [5.41, 5.74) is 5.64. The normalized spacial score (nSPS) is 11.6. The molecular formula is C17H18ClF2N5O. The van der Waals surface area contributed by atoms with Gasteiger partial charge in [-0.3, -0.25) is 0 Å². The highest BCUT2D eigenvalue weighted by Gasteiger charge is 2.22. The lowest BCUT2D eigenvalue weighted by atomic mass is 10.00. The molecule has 0 saturated heterocycles. The van der Waals surface area contributed by atoms with Crippen molar-refractivity contribution >= 4 is 34.4 Å². The molecule has 0 aliphatic carbocycles. The predicted molar refractivity (Wildman–Crippen MR) is 99.6 cm³/mol. The highest BCUT2D eigenvalue weighted by Crippen LogP contribution is 2.30. The second kappa shape index (κ2) is 8.01. The summed E-state index contributed by atoms with van der Waals surface area (Å²) in [6.45, 7) is 1.41. The molecular weight excluding hydrogens is 364 g/mol. The summed E-state index contributed by atoms with van der Waals surface area (Å²) in [7, 11) is 2.85. The van der Waals surface area contributed by atoms with Crippen LogP contribution < -0.4 is 21.1 Å². The van der Waals surface area contributed by atoms with E-state index in [9.17, 15) is 8.78 Å². The fourth-order valence-corrected chi connectivity index (χ4v) is 2.50. The number of nitrogen functional groups attached to an aromatic ring is 1. The van der Waals surface area contributed by atoms with Crippen LogP contribution in [0, 0.1) is 17.0 Å². The lowest BCUT2D eigenvalue weighted by Crippen LogP contribution is -2.21. The topological polar surface area (TPSA) is 96.0 Å². The van der Waals surface area contributed by atoms with Gasteiger partial charge in [-0.2, -0.15) is 0 Å². The van der Waals surface area contributed by atoms with E-state index in [2.05, 4.69) is 15.6 Å². The monoisotopic (exact) mass is 381 g/mol. The van der Waals surface area contributed by atoms with Crippen molar-refractivity contribution in [2.24, 2.45) is 0 Å². The molecule has 0 aliphatic heterocycles. The predicted octanol–water partition coefficient (Wildman–Crippen LogP) is 3.64. The van der Waals surface area contributed by atoms with E-state index >= 15 is 0 Å². The largest absolute Gasteiger partial charge is 0.497 e. The molecule has 6 nitrogen and oxygen atoms in total. The molecule has 0 spiro atoms. The second-order valence-corrected chi connectivity index (χ2v) is 5.74. The minimum absolute atomic E-state index is 0.0127. The molecule has 9 heteroatoms. The Bertz CT molecular complexity index is 862. The summed E-state index contributed by atoms with van der Waals surface area (Å²) in [6, 6.07) is 3.57. The van der Waals surface area contributed by atoms with E-state index in [1.165, 1.54) is 33.3 Å². The van der Waals surface area contributed by atoms with Crippen LogP contribution in [0.1, 0.15) is 12.5 Å². The van der Waals surface area contributed by atoms with E-state index in [0.29, 0.717) is 5.02 Å². The third-order valence-corrected chi connectivity index (χ3v) is 3.71. The van der Waals surface area contributed by atoms with Crippen LogP contribution in [0.25, 0.3) is 5.57 Å². The lowest BCUT2D eigenvalue weighted by molar-refractivity contribution is 0.406. The van der Waals surface area contributed by atoms with Gasteiger partial charge in [0.05, 0.1) is 23.4 Å². The van der Waals surface area contributed by atoms with Gasteiger partial charge in [-0.15, -0.1) is 0 Å². The van der Waals surface area contributed by atoms with Crippen molar-refractivity contribution in [1.29, 1.82) is 5.41 Å². The highest BCUT2D eigenvalue weighted by molar-refractivity contribution is 6.30. The van der Waals surface area contributed by atoms with E-state index in [1.807, 2.05) is 0 Å². The number of allylic oxidation sites excluding steroid dienone is 1. The fraction of sp³-hybridized carbons (Fsp3) is 0.176. The molecule has 0 amide bonds. The zero-order valence-electron chi connectivity index (χ0n) is 14.4. The van der Waals surface area contributed by atoms with Gasteiger partial charge in [0.15, 0.2) is 5.82 Å². The molecule has 0 unspecified atom stereocenters. The first kappa shape index (κ1) is 19.5. The van der Waals surface area contributed by atoms with Crippen molar-refractivity contribution < 1.29 is 13.5 Å². The van der Waals surface area contributed by atoms with E-state index in [1.54, 1.807) is 0 Å². The summed E-state index contributed by atoms with van der Waals surface area (Å²) in [5.74, 6) is -1.31. The number of pyridine rings is 1. The molecule has 2 rings (SSSR count). The second-order valence-electron chi connectivity index (χ2n) is 5.31. The molecule has 1 heterocycles. The Morgan fingerprint density at radius 1 is 1.27 bits per heavy atom. The number of hydrogen-bond donors (Lipinski definition) is 4. The number of benzene rings is 1. The molecule has 138 valence electrons. The first-order valence-electron chi connectivity index (χ1n) is 7.47. The number of halogens is 3. The van der Waals surface area contributed by atoms with Crippen molar-refractivity contribution in [3.8, 4) is 5.75 Å². The van der Waals surface area contributed by atoms with Gasteiger partial charge in [-0.05, 0) is 13.0 Å². The minimum atomic E-state index is -0.866. The quantitative estimate of drug-likeness (QED) is 0.573. The Labute approximate surface area is 154 Å². The number of nitrogens with zero attached hydrogens (tertiary/aromatic N) is 1. The number of anilines is 2. The highest BCUT2D eigenvalue weighted by atomic mass is 35.5. The van der Waals surface area contributed by atoms with E-state index in [-0.39, 0.29) is 39.9 Å². The van der Waals surface area contributed by atoms with E-state index in [0.717, 1.165) is 12.1 Å². The van der Waals surface area contributed by atoms with Crippen LogP contribution >= 0.6 is 11.6 Å². The van der Waals surface area contributed by atoms with Gasteiger partial charge in [0.25, 0.3) is 0 Å². The summed E-state index contributed by atoms with van der Waals surface area (Å²) in [4.78, 5) is 4.05. The maximum Gasteiger partial charge on any atom is 0.154 e. The molecule has 5 N–H and O–H groups in total. The maximum atomic E-state index is 14.5. The van der Waals surface area contributed by atoms with Crippen LogP contribution in [0.2, 0.25) is 5.02 Å². The molecule has 0 saturated carbocycles. The van der Waals surface area contributed by atoms with Gasteiger partial charge in [0.2, 0.25) is 0 Å². The Kier molecular flexibility index (Phi) is 5.99. The van der Waals surface area contributed by atoms with Crippen LogP contribution in [0.3, 0.4) is 0 Å². The van der Waals surface area contributed by atoms with E-state index in [4.69, 9.17) is 27.5 Å². The van der Waals surface area contributed by atoms with Crippen LogP contribution in [-0.4, -0.2) is 24.9 Å².